The van der Waals surface area contributed by atoms with Crippen LogP contribution >= 0.6 is 0 Å². The molecular formula is C17H23NO4. The van der Waals surface area contributed by atoms with Gasteiger partial charge in [-0.15, -0.1) is 12.3 Å². The van der Waals surface area contributed by atoms with Crippen molar-refractivity contribution in [1.29, 1.82) is 0 Å². The number of allylic oxidation sites excluding steroid dienone is 3. The van der Waals surface area contributed by atoms with Crippen LogP contribution in [-0.4, -0.2) is 34.9 Å². The highest BCUT2D eigenvalue weighted by atomic mass is 16.7. The van der Waals surface area contributed by atoms with E-state index in [1.807, 2.05) is 6.92 Å². The Kier molecular flexibility index (Phi) is 12.6. The number of aliphatic hydroxyl groups is 2. The first-order valence-electron chi connectivity index (χ1n) is 7.16. The maximum absolute atomic E-state index is 11.2. The first kappa shape index (κ1) is 19.9. The molecule has 5 nitrogen and oxygen atoms in total. The minimum absolute atomic E-state index is 0.234. The van der Waals surface area contributed by atoms with Crippen molar-refractivity contribution in [3.8, 4) is 24.2 Å². The van der Waals surface area contributed by atoms with Crippen LogP contribution in [0.1, 0.15) is 32.6 Å². The lowest BCUT2D eigenvalue weighted by atomic mass is 10.1. The molecule has 0 amide bonds. The Bertz CT molecular complexity index is 465. The van der Waals surface area contributed by atoms with Crippen LogP contribution in [0.15, 0.2) is 24.3 Å². The van der Waals surface area contributed by atoms with E-state index in [4.69, 9.17) is 6.42 Å². The fourth-order valence-electron chi connectivity index (χ4n) is 1.34. The second-order valence-corrected chi connectivity index (χ2v) is 4.39. The number of hydrogen-bond acceptors (Lipinski definition) is 5. The van der Waals surface area contributed by atoms with Crippen LogP contribution in [0.2, 0.25) is 0 Å². The molecule has 0 radical (unpaired) electrons. The van der Waals surface area contributed by atoms with Crippen LogP contribution in [-0.2, 0) is 9.63 Å². The topological polar surface area (TPSA) is 78.8 Å². The van der Waals surface area contributed by atoms with Crippen molar-refractivity contribution in [2.24, 2.45) is 0 Å². The molecule has 22 heavy (non-hydrogen) atoms. The van der Waals surface area contributed by atoms with E-state index in [0.717, 1.165) is 0 Å². The quantitative estimate of drug-likeness (QED) is 0.337. The summed E-state index contributed by atoms with van der Waals surface area (Å²) in [5.74, 6) is 7.32. The number of terminal acetylenes is 1. The summed E-state index contributed by atoms with van der Waals surface area (Å²) in [6.45, 7) is 2.38. The largest absolute Gasteiger partial charge is 0.388 e. The third-order valence-electron chi connectivity index (χ3n) is 2.39. The Hall–Kier alpha value is -2.05. The number of rotatable bonds is 9. The first-order chi connectivity index (χ1) is 10.6. The molecule has 0 aliphatic heterocycles. The lowest BCUT2D eigenvalue weighted by molar-refractivity contribution is -0.151. The Morgan fingerprint density at radius 3 is 2.86 bits per heavy atom. The van der Waals surface area contributed by atoms with E-state index >= 15 is 0 Å². The number of carbonyl (C=O) groups is 1. The molecule has 0 heterocycles. The fourth-order valence-corrected chi connectivity index (χ4v) is 1.34. The number of hydrogen-bond donors (Lipinski definition) is 3. The van der Waals surface area contributed by atoms with E-state index in [2.05, 4.69) is 28.1 Å². The molecule has 0 aliphatic rings. The predicted molar refractivity (Wildman–Crippen MR) is 85.1 cm³/mol. The molecule has 0 bridgehead atoms. The fraction of sp³-hybridized carbons (Fsp3) is 0.471. The van der Waals surface area contributed by atoms with Crippen molar-refractivity contribution in [2.75, 3.05) is 6.54 Å². The number of nitrogens with one attached hydrogen (secondary N) is 1. The summed E-state index contributed by atoms with van der Waals surface area (Å²) >= 11 is 0. The third kappa shape index (κ3) is 13.0. The van der Waals surface area contributed by atoms with E-state index in [0.29, 0.717) is 19.4 Å². The first-order valence-corrected chi connectivity index (χ1v) is 7.16. The van der Waals surface area contributed by atoms with E-state index < -0.39 is 12.2 Å². The summed E-state index contributed by atoms with van der Waals surface area (Å²) in [6.07, 6.45) is 11.4. The van der Waals surface area contributed by atoms with Gasteiger partial charge in [0, 0.05) is 19.4 Å². The van der Waals surface area contributed by atoms with Crippen molar-refractivity contribution >= 4 is 5.97 Å². The molecule has 0 fully saturated rings. The Balaban J connectivity index is 3.87. The Labute approximate surface area is 132 Å². The predicted octanol–water partition coefficient (Wildman–Crippen LogP) is 1.09. The SMILES string of the molecule is C#CCC(O)C=CC=CC#CC(O)CCCC(=O)ONCC. The minimum atomic E-state index is -0.785. The van der Waals surface area contributed by atoms with Gasteiger partial charge in [0.2, 0.25) is 0 Å². The van der Waals surface area contributed by atoms with E-state index in [-0.39, 0.29) is 18.8 Å². The van der Waals surface area contributed by atoms with E-state index in [1.165, 1.54) is 0 Å². The Morgan fingerprint density at radius 2 is 2.18 bits per heavy atom. The summed E-state index contributed by atoms with van der Waals surface area (Å²) in [5, 5.41) is 18.9. The van der Waals surface area contributed by atoms with Gasteiger partial charge < -0.3 is 15.1 Å². The average molecular weight is 305 g/mol. The van der Waals surface area contributed by atoms with E-state index in [1.54, 1.807) is 24.3 Å². The molecular weight excluding hydrogens is 282 g/mol. The van der Waals surface area contributed by atoms with Gasteiger partial charge in [-0.25, -0.2) is 0 Å². The smallest absolute Gasteiger partial charge is 0.324 e. The molecule has 5 heteroatoms. The number of hydroxylamine groups is 1. The number of aliphatic hydroxyl groups excluding tert-OH is 2. The van der Waals surface area contributed by atoms with Crippen molar-refractivity contribution in [1.82, 2.24) is 5.48 Å². The van der Waals surface area contributed by atoms with Gasteiger partial charge in [0.1, 0.15) is 6.10 Å². The van der Waals surface area contributed by atoms with E-state index in [9.17, 15) is 15.0 Å². The molecule has 0 aliphatic carbocycles. The highest BCUT2D eigenvalue weighted by Gasteiger charge is 2.04. The van der Waals surface area contributed by atoms with Crippen LogP contribution in [0.25, 0.3) is 0 Å². The van der Waals surface area contributed by atoms with Crippen molar-refractivity contribution in [3.05, 3.63) is 24.3 Å². The van der Waals surface area contributed by atoms with Gasteiger partial charge in [0.15, 0.2) is 0 Å². The van der Waals surface area contributed by atoms with Crippen LogP contribution in [0.4, 0.5) is 0 Å². The molecule has 0 spiro atoms. The highest BCUT2D eigenvalue weighted by Crippen LogP contribution is 2.01. The summed E-state index contributed by atoms with van der Waals surface area (Å²) < 4.78 is 0. The molecule has 0 rings (SSSR count). The standard InChI is InChI=1S/C17H23NO4/c1-3-10-15(19)11-7-5-6-8-12-16(20)13-9-14-17(21)22-18-4-2/h1,5-7,11,15-16,18-20H,4,9-10,13-14H2,2H3. The lowest BCUT2D eigenvalue weighted by Gasteiger charge is -2.04. The van der Waals surface area contributed by atoms with Crippen LogP contribution in [0, 0.1) is 24.2 Å². The zero-order chi connectivity index (χ0) is 16.6. The normalized spacial score (nSPS) is 13.4. The maximum atomic E-state index is 11.2. The lowest BCUT2D eigenvalue weighted by Crippen LogP contribution is -2.19. The van der Waals surface area contributed by atoms with Gasteiger partial charge in [-0.2, -0.15) is 5.48 Å². The summed E-state index contributed by atoms with van der Waals surface area (Å²) in [5.41, 5.74) is 2.47. The molecule has 2 unspecified atom stereocenters. The second kappa shape index (κ2) is 13.9. The van der Waals surface area contributed by atoms with Gasteiger partial charge >= 0.3 is 5.97 Å². The molecule has 0 saturated carbocycles. The molecule has 120 valence electrons. The molecule has 0 saturated heterocycles. The molecule has 0 aromatic rings. The summed E-state index contributed by atoms with van der Waals surface area (Å²) in [4.78, 5) is 15.8. The summed E-state index contributed by atoms with van der Waals surface area (Å²) in [7, 11) is 0. The molecule has 0 aromatic carbocycles. The molecule has 0 aromatic heterocycles. The van der Waals surface area contributed by atoms with Gasteiger partial charge in [-0.05, 0) is 25.8 Å². The second-order valence-electron chi connectivity index (χ2n) is 4.39. The van der Waals surface area contributed by atoms with Crippen LogP contribution < -0.4 is 5.48 Å². The zero-order valence-corrected chi connectivity index (χ0v) is 12.8. The Morgan fingerprint density at radius 1 is 1.41 bits per heavy atom. The van der Waals surface area contributed by atoms with Gasteiger partial charge in [-0.3, -0.25) is 4.79 Å². The average Bonchev–Trinajstić information content (AvgIpc) is 2.49. The number of carbonyl (C=O) groups excluding carboxylic acids is 1. The molecule has 2 atom stereocenters. The monoisotopic (exact) mass is 305 g/mol. The highest BCUT2D eigenvalue weighted by molar-refractivity contribution is 5.68. The maximum Gasteiger partial charge on any atom is 0.324 e. The molecule has 3 N–H and O–H groups in total. The van der Waals surface area contributed by atoms with Crippen molar-refractivity contribution in [2.45, 2.75) is 44.8 Å². The third-order valence-corrected chi connectivity index (χ3v) is 2.39. The summed E-state index contributed by atoms with van der Waals surface area (Å²) in [6, 6.07) is 0. The van der Waals surface area contributed by atoms with Crippen molar-refractivity contribution in [3.63, 3.8) is 0 Å². The van der Waals surface area contributed by atoms with Crippen LogP contribution in [0.5, 0.6) is 0 Å². The zero-order valence-electron chi connectivity index (χ0n) is 12.8. The minimum Gasteiger partial charge on any atom is -0.388 e. The van der Waals surface area contributed by atoms with Gasteiger partial charge in [-0.1, -0.05) is 30.1 Å². The van der Waals surface area contributed by atoms with Crippen molar-refractivity contribution < 1.29 is 19.8 Å². The van der Waals surface area contributed by atoms with Crippen LogP contribution in [0.3, 0.4) is 0 Å². The van der Waals surface area contributed by atoms with Gasteiger partial charge in [0.05, 0.1) is 6.10 Å². The van der Waals surface area contributed by atoms with Gasteiger partial charge in [0.25, 0.3) is 0 Å².